The molecule has 0 aliphatic rings. The van der Waals surface area contributed by atoms with Crippen LogP contribution in [0.5, 0.6) is 0 Å². The van der Waals surface area contributed by atoms with Crippen molar-refractivity contribution in [2.24, 2.45) is 0 Å². The van der Waals surface area contributed by atoms with Crippen LogP contribution in [0.3, 0.4) is 0 Å². The Morgan fingerprint density at radius 2 is 2.00 bits per heavy atom. The summed E-state index contributed by atoms with van der Waals surface area (Å²) in [5.74, 6) is -1.87. The van der Waals surface area contributed by atoms with E-state index in [0.717, 1.165) is 22.9 Å². The highest BCUT2D eigenvalue weighted by atomic mass is 79.9. The molecular formula is C12H13BrF3NO. The van der Waals surface area contributed by atoms with Crippen molar-refractivity contribution in [1.82, 2.24) is 5.32 Å². The van der Waals surface area contributed by atoms with Gasteiger partial charge in [0.05, 0.1) is 0 Å². The third-order valence-electron chi connectivity index (χ3n) is 2.32. The average molecular weight is 324 g/mol. The number of alkyl halides is 3. The molecule has 100 valence electrons. The first-order valence-corrected chi connectivity index (χ1v) is 6.28. The molecule has 1 aromatic rings. The van der Waals surface area contributed by atoms with Crippen LogP contribution in [0, 0.1) is 0 Å². The fourth-order valence-electron chi connectivity index (χ4n) is 1.45. The van der Waals surface area contributed by atoms with Crippen LogP contribution in [0.1, 0.15) is 18.4 Å². The summed E-state index contributed by atoms with van der Waals surface area (Å²) in [5.41, 5.74) is 1.12. The Morgan fingerprint density at radius 3 is 2.61 bits per heavy atom. The summed E-state index contributed by atoms with van der Waals surface area (Å²) < 4.78 is 36.5. The lowest BCUT2D eigenvalue weighted by molar-refractivity contribution is -0.173. The van der Waals surface area contributed by atoms with Crippen LogP contribution in [0.15, 0.2) is 28.7 Å². The lowest BCUT2D eigenvalue weighted by Crippen LogP contribution is -2.37. The zero-order valence-corrected chi connectivity index (χ0v) is 11.1. The first-order chi connectivity index (χ1) is 8.39. The molecule has 0 heterocycles. The van der Waals surface area contributed by atoms with Crippen molar-refractivity contribution in [2.75, 3.05) is 6.54 Å². The Hall–Kier alpha value is -1.04. The summed E-state index contributed by atoms with van der Waals surface area (Å²) in [6.07, 6.45) is -2.76. The second kappa shape index (κ2) is 6.78. The van der Waals surface area contributed by atoms with Gasteiger partial charge in [0.2, 0.25) is 0 Å². The first-order valence-electron chi connectivity index (χ1n) is 5.49. The maximum Gasteiger partial charge on any atom is 0.471 e. The summed E-state index contributed by atoms with van der Waals surface area (Å²) in [6.45, 7) is 0.0480. The van der Waals surface area contributed by atoms with Gasteiger partial charge in [-0.05, 0) is 37.0 Å². The number of halogens is 4. The van der Waals surface area contributed by atoms with Crippen molar-refractivity contribution in [1.29, 1.82) is 0 Å². The molecule has 6 heteroatoms. The fourth-order valence-corrected chi connectivity index (χ4v) is 1.90. The van der Waals surface area contributed by atoms with Gasteiger partial charge in [0, 0.05) is 11.0 Å². The molecule has 1 rings (SSSR count). The molecule has 18 heavy (non-hydrogen) atoms. The third-order valence-corrected chi connectivity index (χ3v) is 2.82. The monoisotopic (exact) mass is 323 g/mol. The van der Waals surface area contributed by atoms with E-state index in [9.17, 15) is 18.0 Å². The summed E-state index contributed by atoms with van der Waals surface area (Å²) in [4.78, 5) is 10.5. The van der Waals surface area contributed by atoms with E-state index >= 15 is 0 Å². The molecule has 1 N–H and O–H groups in total. The number of nitrogens with one attached hydrogen (secondary N) is 1. The molecule has 0 bridgehead atoms. The average Bonchev–Trinajstić information content (AvgIpc) is 2.27. The largest absolute Gasteiger partial charge is 0.471 e. The van der Waals surface area contributed by atoms with Crippen molar-refractivity contribution in [3.05, 3.63) is 34.3 Å². The molecule has 0 atom stereocenters. The molecule has 0 saturated heterocycles. The highest BCUT2D eigenvalue weighted by Gasteiger charge is 2.38. The van der Waals surface area contributed by atoms with Gasteiger partial charge in [-0.2, -0.15) is 13.2 Å². The molecular weight excluding hydrogens is 311 g/mol. The molecule has 2 nitrogen and oxygen atoms in total. The predicted octanol–water partition coefficient (Wildman–Crippen LogP) is 3.45. The van der Waals surface area contributed by atoms with Crippen LogP contribution < -0.4 is 5.32 Å². The second-order valence-corrected chi connectivity index (χ2v) is 4.76. The Labute approximate surface area is 112 Å². The van der Waals surface area contributed by atoms with Crippen LogP contribution in [0.2, 0.25) is 0 Å². The number of hydrogen-bond acceptors (Lipinski definition) is 1. The third kappa shape index (κ3) is 5.53. The van der Waals surface area contributed by atoms with Gasteiger partial charge < -0.3 is 5.32 Å². The highest BCUT2D eigenvalue weighted by Crippen LogP contribution is 2.15. The first kappa shape index (κ1) is 15.0. The van der Waals surface area contributed by atoms with Crippen molar-refractivity contribution in [3.8, 4) is 0 Å². The molecule has 0 radical (unpaired) electrons. The lowest BCUT2D eigenvalue weighted by Gasteiger charge is -2.07. The summed E-state index contributed by atoms with van der Waals surface area (Å²) in [7, 11) is 0. The number of rotatable bonds is 5. The minimum Gasteiger partial charge on any atom is -0.348 e. The van der Waals surface area contributed by atoms with Gasteiger partial charge in [-0.15, -0.1) is 0 Å². The Kier molecular flexibility index (Phi) is 5.65. The number of carbonyl (C=O) groups excluding carboxylic acids is 1. The van der Waals surface area contributed by atoms with E-state index < -0.39 is 12.1 Å². The van der Waals surface area contributed by atoms with Crippen molar-refractivity contribution in [3.63, 3.8) is 0 Å². The van der Waals surface area contributed by atoms with Gasteiger partial charge in [0.25, 0.3) is 0 Å². The van der Waals surface area contributed by atoms with Gasteiger partial charge in [-0.3, -0.25) is 4.79 Å². The number of benzene rings is 1. The quantitative estimate of drug-likeness (QED) is 0.826. The Morgan fingerprint density at radius 1 is 1.28 bits per heavy atom. The maximum absolute atomic E-state index is 11.9. The van der Waals surface area contributed by atoms with Gasteiger partial charge in [0.15, 0.2) is 0 Å². The summed E-state index contributed by atoms with van der Waals surface area (Å²) >= 11 is 3.34. The van der Waals surface area contributed by atoms with Gasteiger partial charge in [-0.1, -0.05) is 28.1 Å². The van der Waals surface area contributed by atoms with Crippen LogP contribution in [0.25, 0.3) is 0 Å². The van der Waals surface area contributed by atoms with E-state index in [1.165, 1.54) is 0 Å². The minimum atomic E-state index is -4.79. The normalized spacial score (nSPS) is 11.3. The SMILES string of the molecule is O=C(NCCCCc1cccc(Br)c1)C(F)(F)F. The van der Waals surface area contributed by atoms with Crippen molar-refractivity contribution >= 4 is 21.8 Å². The summed E-state index contributed by atoms with van der Waals surface area (Å²) in [6, 6.07) is 7.74. The zero-order valence-electron chi connectivity index (χ0n) is 9.56. The molecule has 0 unspecified atom stereocenters. The topological polar surface area (TPSA) is 29.1 Å². The molecule has 0 aromatic heterocycles. The molecule has 0 spiro atoms. The molecule has 0 saturated carbocycles. The Bertz CT molecular complexity index is 407. The van der Waals surface area contributed by atoms with Crippen LogP contribution >= 0.6 is 15.9 Å². The van der Waals surface area contributed by atoms with E-state index in [1.807, 2.05) is 29.6 Å². The smallest absolute Gasteiger partial charge is 0.348 e. The molecule has 1 aromatic carbocycles. The van der Waals surface area contributed by atoms with Crippen LogP contribution in [-0.2, 0) is 11.2 Å². The minimum absolute atomic E-state index is 0.0480. The molecule has 0 fully saturated rings. The van der Waals surface area contributed by atoms with Crippen LogP contribution in [0.4, 0.5) is 13.2 Å². The van der Waals surface area contributed by atoms with Crippen molar-refractivity contribution < 1.29 is 18.0 Å². The standard InChI is InChI=1S/C12H13BrF3NO/c13-10-6-3-5-9(8-10)4-1-2-7-17-11(18)12(14,15)16/h3,5-6,8H,1-2,4,7H2,(H,17,18). The summed E-state index contributed by atoms with van der Waals surface area (Å²) in [5, 5.41) is 1.85. The second-order valence-electron chi connectivity index (χ2n) is 3.84. The van der Waals surface area contributed by atoms with E-state index in [1.54, 1.807) is 0 Å². The number of carbonyl (C=O) groups is 1. The van der Waals surface area contributed by atoms with E-state index in [0.29, 0.717) is 6.42 Å². The number of unbranched alkanes of at least 4 members (excludes halogenated alkanes) is 1. The molecule has 0 aliphatic carbocycles. The number of hydrogen-bond donors (Lipinski definition) is 1. The number of amides is 1. The van der Waals surface area contributed by atoms with Crippen molar-refractivity contribution in [2.45, 2.75) is 25.4 Å². The fraction of sp³-hybridized carbons (Fsp3) is 0.417. The Balaban J connectivity index is 2.18. The van der Waals surface area contributed by atoms with E-state index in [2.05, 4.69) is 15.9 Å². The molecule has 1 amide bonds. The predicted molar refractivity (Wildman–Crippen MR) is 66.1 cm³/mol. The lowest BCUT2D eigenvalue weighted by atomic mass is 10.1. The zero-order chi connectivity index (χ0) is 13.6. The maximum atomic E-state index is 11.9. The van der Waals surface area contributed by atoms with Crippen LogP contribution in [-0.4, -0.2) is 18.6 Å². The highest BCUT2D eigenvalue weighted by molar-refractivity contribution is 9.10. The van der Waals surface area contributed by atoms with E-state index in [4.69, 9.17) is 0 Å². The van der Waals surface area contributed by atoms with Gasteiger partial charge in [0.1, 0.15) is 0 Å². The molecule has 0 aliphatic heterocycles. The number of aryl methyl sites for hydroxylation is 1. The van der Waals surface area contributed by atoms with E-state index in [-0.39, 0.29) is 6.54 Å². The van der Waals surface area contributed by atoms with Gasteiger partial charge >= 0.3 is 12.1 Å². The van der Waals surface area contributed by atoms with Gasteiger partial charge in [-0.25, -0.2) is 0 Å².